The van der Waals surface area contributed by atoms with Crippen molar-refractivity contribution in [3.63, 3.8) is 0 Å². The molecule has 33 heavy (non-hydrogen) atoms. The molecule has 158 valence electrons. The minimum absolute atomic E-state index is 1.16. The maximum atomic E-state index is 2.48. The predicted octanol–water partition coefficient (Wildman–Crippen LogP) is 9.68. The van der Waals surface area contributed by atoms with Crippen molar-refractivity contribution < 1.29 is 0 Å². The van der Waals surface area contributed by atoms with Crippen molar-refractivity contribution in [2.24, 2.45) is 0 Å². The topological polar surface area (TPSA) is 0 Å². The van der Waals surface area contributed by atoms with E-state index in [2.05, 4.69) is 97.9 Å². The third-order valence-corrected chi connectivity index (χ3v) is 7.57. The summed E-state index contributed by atoms with van der Waals surface area (Å²) in [7, 11) is 0. The van der Waals surface area contributed by atoms with Gasteiger partial charge in [0.1, 0.15) is 0 Å². The molecule has 0 heterocycles. The third kappa shape index (κ3) is 2.70. The lowest BCUT2D eigenvalue weighted by molar-refractivity contribution is 0.718. The van der Waals surface area contributed by atoms with Crippen molar-refractivity contribution in [2.75, 3.05) is 0 Å². The van der Waals surface area contributed by atoms with E-state index < -0.39 is 0 Å². The van der Waals surface area contributed by atoms with Gasteiger partial charge in [0.05, 0.1) is 0 Å². The molecule has 6 aromatic rings. The lowest BCUT2D eigenvalue weighted by atomic mass is 9.90. The van der Waals surface area contributed by atoms with E-state index in [1.54, 1.807) is 0 Å². The van der Waals surface area contributed by atoms with Crippen molar-refractivity contribution >= 4 is 43.1 Å². The zero-order chi connectivity index (χ0) is 21.9. The smallest absolute Gasteiger partial charge is 0.00262 e. The molecule has 0 aliphatic heterocycles. The molecular formula is C33H26. The summed E-state index contributed by atoms with van der Waals surface area (Å²) in [5.74, 6) is 0. The van der Waals surface area contributed by atoms with Gasteiger partial charge in [-0.1, -0.05) is 98.6 Å². The Labute approximate surface area is 194 Å². The molecule has 0 spiro atoms. The van der Waals surface area contributed by atoms with Crippen molar-refractivity contribution in [2.45, 2.75) is 32.6 Å². The molecule has 0 amide bonds. The van der Waals surface area contributed by atoms with E-state index in [1.165, 1.54) is 90.2 Å². The number of fused-ring (bicyclic) bond motifs is 9. The molecule has 0 bridgehead atoms. The van der Waals surface area contributed by atoms with Gasteiger partial charge in [-0.05, 0) is 95.9 Å². The summed E-state index contributed by atoms with van der Waals surface area (Å²) >= 11 is 0. The van der Waals surface area contributed by atoms with Crippen LogP contribution in [-0.2, 0) is 6.42 Å². The lowest BCUT2D eigenvalue weighted by Gasteiger charge is -2.13. The summed E-state index contributed by atoms with van der Waals surface area (Å²) in [4.78, 5) is 0. The Hall–Kier alpha value is -3.64. The average molecular weight is 423 g/mol. The van der Waals surface area contributed by atoms with Gasteiger partial charge < -0.3 is 0 Å². The van der Waals surface area contributed by atoms with Gasteiger partial charge in [0.25, 0.3) is 0 Å². The quantitative estimate of drug-likeness (QED) is 0.196. The van der Waals surface area contributed by atoms with Crippen LogP contribution in [0.2, 0.25) is 0 Å². The van der Waals surface area contributed by atoms with Crippen LogP contribution in [0.5, 0.6) is 0 Å². The van der Waals surface area contributed by atoms with Crippen molar-refractivity contribution in [3.05, 3.63) is 96.6 Å². The molecule has 0 unspecified atom stereocenters. The SMILES string of the molecule is CCCCCc1cc2c3c(cccc3c1)-c1cc3c4ccccc4c4ccccc4c3cc1-2. The highest BCUT2D eigenvalue weighted by Crippen LogP contribution is 2.50. The number of benzene rings is 6. The Bertz CT molecular complexity index is 1720. The first-order chi connectivity index (χ1) is 16.3. The van der Waals surface area contributed by atoms with Crippen LogP contribution in [0.25, 0.3) is 65.3 Å². The summed E-state index contributed by atoms with van der Waals surface area (Å²) in [5.41, 5.74) is 7.06. The predicted molar refractivity (Wildman–Crippen MR) is 144 cm³/mol. The summed E-state index contributed by atoms with van der Waals surface area (Å²) < 4.78 is 0. The fourth-order valence-corrected chi connectivity index (χ4v) is 6.05. The number of rotatable bonds is 4. The van der Waals surface area contributed by atoms with Crippen molar-refractivity contribution in [1.29, 1.82) is 0 Å². The first kappa shape index (κ1) is 18.9. The Morgan fingerprint density at radius 1 is 0.485 bits per heavy atom. The highest BCUT2D eigenvalue weighted by atomic mass is 14.3. The van der Waals surface area contributed by atoms with Gasteiger partial charge >= 0.3 is 0 Å². The molecule has 7 rings (SSSR count). The van der Waals surface area contributed by atoms with Crippen LogP contribution in [0.1, 0.15) is 31.7 Å². The van der Waals surface area contributed by atoms with Crippen LogP contribution in [-0.4, -0.2) is 0 Å². The molecule has 1 aliphatic carbocycles. The van der Waals surface area contributed by atoms with Gasteiger partial charge in [-0.2, -0.15) is 0 Å². The molecule has 0 fully saturated rings. The highest BCUT2D eigenvalue weighted by molar-refractivity contribution is 6.28. The standard InChI is InChI=1S/C33H26/c1-2-3-4-10-21-17-22-11-9-16-27-30-19-28-25-14-7-5-12-23(25)24-13-6-8-15-26(24)29(28)20-31(30)32(18-21)33(22)27/h5-9,11-20H,2-4,10H2,1H3. The van der Waals surface area contributed by atoms with E-state index in [9.17, 15) is 0 Å². The molecular weight excluding hydrogens is 396 g/mol. The zero-order valence-corrected chi connectivity index (χ0v) is 19.0. The van der Waals surface area contributed by atoms with E-state index in [1.807, 2.05) is 0 Å². The molecule has 0 saturated heterocycles. The van der Waals surface area contributed by atoms with Gasteiger partial charge in [-0.3, -0.25) is 0 Å². The number of hydrogen-bond acceptors (Lipinski definition) is 0. The molecule has 0 radical (unpaired) electrons. The second-order valence-electron chi connectivity index (χ2n) is 9.54. The van der Waals surface area contributed by atoms with Gasteiger partial charge in [0.15, 0.2) is 0 Å². The zero-order valence-electron chi connectivity index (χ0n) is 19.0. The maximum absolute atomic E-state index is 2.48. The van der Waals surface area contributed by atoms with Crippen LogP contribution in [0, 0.1) is 0 Å². The maximum Gasteiger partial charge on any atom is -0.00262 e. The fourth-order valence-electron chi connectivity index (χ4n) is 6.05. The highest BCUT2D eigenvalue weighted by Gasteiger charge is 2.23. The van der Waals surface area contributed by atoms with Gasteiger partial charge in [-0.25, -0.2) is 0 Å². The summed E-state index contributed by atoms with van der Waals surface area (Å²) in [6.07, 6.45) is 4.99. The molecule has 0 nitrogen and oxygen atoms in total. The Morgan fingerprint density at radius 2 is 1.09 bits per heavy atom. The first-order valence-electron chi connectivity index (χ1n) is 12.3. The van der Waals surface area contributed by atoms with Crippen LogP contribution < -0.4 is 0 Å². The Balaban J connectivity index is 1.57. The van der Waals surface area contributed by atoms with Crippen LogP contribution in [0.3, 0.4) is 0 Å². The second-order valence-corrected chi connectivity index (χ2v) is 9.54. The van der Waals surface area contributed by atoms with Crippen LogP contribution in [0.4, 0.5) is 0 Å². The molecule has 1 aliphatic rings. The van der Waals surface area contributed by atoms with E-state index in [4.69, 9.17) is 0 Å². The molecule has 0 N–H and O–H groups in total. The van der Waals surface area contributed by atoms with Gasteiger partial charge in [0.2, 0.25) is 0 Å². The van der Waals surface area contributed by atoms with Crippen LogP contribution in [0.15, 0.2) is 91.0 Å². The van der Waals surface area contributed by atoms with E-state index >= 15 is 0 Å². The first-order valence-corrected chi connectivity index (χ1v) is 12.3. The molecule has 0 saturated carbocycles. The monoisotopic (exact) mass is 422 g/mol. The normalized spacial score (nSPS) is 12.3. The van der Waals surface area contributed by atoms with E-state index in [0.717, 1.165) is 6.42 Å². The third-order valence-electron chi connectivity index (χ3n) is 7.57. The number of unbranched alkanes of at least 4 members (excludes halogenated alkanes) is 2. The number of hydrogen-bond donors (Lipinski definition) is 0. The average Bonchev–Trinajstić information content (AvgIpc) is 3.18. The largest absolute Gasteiger partial charge is 0.0654 e. The molecule has 0 aromatic heterocycles. The lowest BCUT2D eigenvalue weighted by Crippen LogP contribution is -1.88. The summed E-state index contributed by atoms with van der Waals surface area (Å²) in [5, 5.41) is 10.9. The second kappa shape index (κ2) is 7.18. The molecule has 6 aromatic carbocycles. The van der Waals surface area contributed by atoms with Crippen molar-refractivity contribution in [3.8, 4) is 22.3 Å². The van der Waals surface area contributed by atoms with Gasteiger partial charge in [0, 0.05) is 0 Å². The summed E-state index contributed by atoms with van der Waals surface area (Å²) in [6, 6.07) is 34.4. The molecule has 0 heteroatoms. The minimum Gasteiger partial charge on any atom is -0.0654 e. The van der Waals surface area contributed by atoms with E-state index in [-0.39, 0.29) is 0 Å². The Morgan fingerprint density at radius 3 is 1.73 bits per heavy atom. The fraction of sp³-hybridized carbons (Fsp3) is 0.152. The van der Waals surface area contributed by atoms with Crippen molar-refractivity contribution in [1.82, 2.24) is 0 Å². The number of aryl methyl sites for hydroxylation is 1. The Kier molecular flexibility index (Phi) is 4.11. The van der Waals surface area contributed by atoms with E-state index in [0.29, 0.717) is 0 Å². The van der Waals surface area contributed by atoms with Gasteiger partial charge in [-0.15, -0.1) is 0 Å². The van der Waals surface area contributed by atoms with Crippen LogP contribution >= 0.6 is 0 Å². The minimum atomic E-state index is 1.16. The molecule has 0 atom stereocenters. The summed E-state index contributed by atoms with van der Waals surface area (Å²) in [6.45, 7) is 2.28.